The van der Waals surface area contributed by atoms with E-state index in [0.717, 1.165) is 5.56 Å². The molecule has 1 N–H and O–H groups in total. The highest BCUT2D eigenvalue weighted by molar-refractivity contribution is 9.10. The van der Waals surface area contributed by atoms with Gasteiger partial charge in [0.15, 0.2) is 4.80 Å². The van der Waals surface area contributed by atoms with Gasteiger partial charge in [-0.05, 0) is 73.5 Å². The first-order chi connectivity index (χ1) is 16.7. The highest BCUT2D eigenvalue weighted by Gasteiger charge is 2.35. The lowest BCUT2D eigenvalue weighted by atomic mass is 9.95. The van der Waals surface area contributed by atoms with Gasteiger partial charge in [0.25, 0.3) is 5.56 Å². The molecule has 0 saturated heterocycles. The van der Waals surface area contributed by atoms with E-state index in [4.69, 9.17) is 9.47 Å². The number of para-hydroxylation sites is 1. The van der Waals surface area contributed by atoms with Crippen LogP contribution < -0.4 is 19.6 Å². The number of phenols is 1. The molecule has 0 aliphatic carbocycles. The number of esters is 1. The van der Waals surface area contributed by atoms with Crippen molar-refractivity contribution < 1.29 is 19.4 Å². The second kappa shape index (κ2) is 10.2. The minimum absolute atomic E-state index is 0.101. The Labute approximate surface area is 214 Å². The number of carbonyl (C=O) groups is 1. The molecule has 0 bridgehead atoms. The van der Waals surface area contributed by atoms with Gasteiger partial charge in [-0.25, -0.2) is 9.79 Å². The molecular weight excluding hydrogens is 532 g/mol. The smallest absolute Gasteiger partial charge is 0.338 e. The maximum Gasteiger partial charge on any atom is 0.338 e. The third-order valence-electron chi connectivity index (χ3n) is 5.36. The van der Waals surface area contributed by atoms with E-state index in [9.17, 15) is 14.7 Å². The first-order valence-corrected chi connectivity index (χ1v) is 12.8. The van der Waals surface area contributed by atoms with Gasteiger partial charge in [-0.2, -0.15) is 0 Å². The molecule has 1 aromatic heterocycles. The van der Waals surface area contributed by atoms with Crippen molar-refractivity contribution in [2.24, 2.45) is 4.99 Å². The van der Waals surface area contributed by atoms with E-state index >= 15 is 0 Å². The number of nitrogens with zero attached hydrogens (tertiary/aromatic N) is 2. The number of aromatic nitrogens is 1. The quantitative estimate of drug-likeness (QED) is 0.462. The van der Waals surface area contributed by atoms with Gasteiger partial charge < -0.3 is 14.6 Å². The third-order valence-corrected chi connectivity index (χ3v) is 6.98. The lowest BCUT2D eigenvalue weighted by Gasteiger charge is -2.26. The van der Waals surface area contributed by atoms with Crippen molar-refractivity contribution in [2.45, 2.75) is 39.8 Å². The van der Waals surface area contributed by atoms with Crippen LogP contribution in [0.1, 0.15) is 44.9 Å². The van der Waals surface area contributed by atoms with Crippen LogP contribution in [0.2, 0.25) is 0 Å². The van der Waals surface area contributed by atoms with Crippen molar-refractivity contribution in [1.82, 2.24) is 4.57 Å². The van der Waals surface area contributed by atoms with Gasteiger partial charge in [-0.3, -0.25) is 9.36 Å². The Kier molecular flexibility index (Phi) is 7.28. The summed E-state index contributed by atoms with van der Waals surface area (Å²) in [6.45, 7) is 7.53. The van der Waals surface area contributed by atoms with Crippen molar-refractivity contribution in [3.8, 4) is 11.5 Å². The molecular formula is C26H25BrN2O5S. The van der Waals surface area contributed by atoms with Crippen molar-refractivity contribution in [3.63, 3.8) is 0 Å². The molecule has 35 heavy (non-hydrogen) atoms. The lowest BCUT2D eigenvalue weighted by molar-refractivity contribution is -0.139. The summed E-state index contributed by atoms with van der Waals surface area (Å²) in [4.78, 5) is 31.9. The molecule has 9 heteroatoms. The van der Waals surface area contributed by atoms with Gasteiger partial charge in [0.2, 0.25) is 0 Å². The Bertz CT molecular complexity index is 1500. The van der Waals surface area contributed by atoms with Crippen molar-refractivity contribution in [1.29, 1.82) is 0 Å². The number of thiazole rings is 1. The molecule has 3 aromatic rings. The van der Waals surface area contributed by atoms with Crippen LogP contribution in [-0.4, -0.2) is 28.4 Å². The minimum Gasteiger partial charge on any atom is -0.507 e. The fourth-order valence-electron chi connectivity index (χ4n) is 3.92. The molecule has 4 rings (SSSR count). The van der Waals surface area contributed by atoms with Crippen molar-refractivity contribution in [2.75, 3.05) is 6.61 Å². The number of halogens is 1. The predicted octanol–water partition coefficient (Wildman–Crippen LogP) is 4.05. The van der Waals surface area contributed by atoms with Crippen LogP contribution in [0.5, 0.6) is 11.5 Å². The van der Waals surface area contributed by atoms with Crippen LogP contribution in [0.25, 0.3) is 6.08 Å². The number of rotatable bonds is 6. The van der Waals surface area contributed by atoms with E-state index in [2.05, 4.69) is 20.9 Å². The molecule has 1 aliphatic heterocycles. The minimum atomic E-state index is -0.756. The van der Waals surface area contributed by atoms with Crippen LogP contribution in [0.15, 0.2) is 68.0 Å². The molecule has 0 radical (unpaired) electrons. The Hall–Kier alpha value is -3.17. The van der Waals surface area contributed by atoms with E-state index in [1.165, 1.54) is 15.9 Å². The monoisotopic (exact) mass is 556 g/mol. The van der Waals surface area contributed by atoms with Crippen molar-refractivity contribution in [3.05, 3.63) is 89.0 Å². The molecule has 0 unspecified atom stereocenters. The number of carbonyl (C=O) groups excluding carboxylic acids is 1. The second-order valence-corrected chi connectivity index (χ2v) is 10.1. The standard InChI is InChI=1S/C26H25BrN2O5S/c1-5-33-25(32)22-15(4)28-26-29(23(22)17-8-6-7-9-20(17)34-14(2)3)24(31)21(35-26)13-16-10-11-19(30)18(27)12-16/h6-14,23,30H,5H2,1-4H3/b21-13-/t23-/m1/s1. The Morgan fingerprint density at radius 2 is 2.03 bits per heavy atom. The maximum atomic E-state index is 13.7. The molecule has 1 atom stereocenters. The molecule has 7 nitrogen and oxygen atoms in total. The molecule has 1 aliphatic rings. The summed E-state index contributed by atoms with van der Waals surface area (Å²) in [5.41, 5.74) is 1.93. The Morgan fingerprint density at radius 3 is 2.71 bits per heavy atom. The van der Waals surface area contributed by atoms with Crippen LogP contribution in [-0.2, 0) is 9.53 Å². The van der Waals surface area contributed by atoms with Crippen LogP contribution in [0, 0.1) is 0 Å². The zero-order chi connectivity index (χ0) is 25.3. The number of fused-ring (bicyclic) bond motifs is 1. The molecule has 0 fully saturated rings. The average Bonchev–Trinajstić information content (AvgIpc) is 3.10. The van der Waals surface area contributed by atoms with E-state index in [1.807, 2.05) is 38.1 Å². The number of benzene rings is 2. The summed E-state index contributed by atoms with van der Waals surface area (Å²) in [5.74, 6) is 0.177. The first-order valence-electron chi connectivity index (χ1n) is 11.1. The summed E-state index contributed by atoms with van der Waals surface area (Å²) in [5, 5.41) is 9.80. The second-order valence-electron chi connectivity index (χ2n) is 8.22. The highest BCUT2D eigenvalue weighted by Crippen LogP contribution is 2.36. The zero-order valence-corrected chi connectivity index (χ0v) is 22.1. The molecule has 0 spiro atoms. The van der Waals surface area contributed by atoms with Gasteiger partial charge >= 0.3 is 5.97 Å². The van der Waals surface area contributed by atoms with Crippen LogP contribution >= 0.6 is 27.3 Å². The fraction of sp³-hybridized carbons (Fsp3) is 0.269. The summed E-state index contributed by atoms with van der Waals surface area (Å²) < 4.78 is 13.9. The van der Waals surface area contributed by atoms with Gasteiger partial charge in [0, 0.05) is 5.56 Å². The van der Waals surface area contributed by atoms with Crippen molar-refractivity contribution >= 4 is 39.3 Å². The average molecular weight is 557 g/mol. The van der Waals surface area contributed by atoms with Crippen LogP contribution in [0.3, 0.4) is 0 Å². The lowest BCUT2D eigenvalue weighted by Crippen LogP contribution is -2.40. The Balaban J connectivity index is 1.98. The number of phenolic OH excluding ortho intramolecular Hbond substituents is 1. The first kappa shape index (κ1) is 24.9. The number of hydrogen-bond donors (Lipinski definition) is 1. The number of aromatic hydroxyl groups is 1. The molecule has 2 aromatic carbocycles. The summed E-state index contributed by atoms with van der Waals surface area (Å²) in [6.07, 6.45) is 1.64. The fourth-order valence-corrected chi connectivity index (χ4v) is 5.36. The van der Waals surface area contributed by atoms with Crippen LogP contribution in [0.4, 0.5) is 0 Å². The number of hydrogen-bond acceptors (Lipinski definition) is 7. The van der Waals surface area contributed by atoms with Gasteiger partial charge in [-0.1, -0.05) is 35.6 Å². The zero-order valence-electron chi connectivity index (χ0n) is 19.7. The molecule has 0 saturated carbocycles. The Morgan fingerprint density at radius 1 is 1.29 bits per heavy atom. The summed E-state index contributed by atoms with van der Waals surface area (Å²) >= 11 is 4.55. The highest BCUT2D eigenvalue weighted by atomic mass is 79.9. The van der Waals surface area contributed by atoms with E-state index < -0.39 is 12.0 Å². The third kappa shape index (κ3) is 4.97. The van der Waals surface area contributed by atoms with E-state index in [1.54, 1.807) is 38.1 Å². The van der Waals surface area contributed by atoms with Gasteiger partial charge in [0.05, 0.1) is 33.0 Å². The topological polar surface area (TPSA) is 90.1 Å². The molecule has 2 heterocycles. The van der Waals surface area contributed by atoms with Gasteiger partial charge in [-0.15, -0.1) is 0 Å². The SMILES string of the molecule is CCOC(=O)C1=C(C)N=c2s/c(=C\c3ccc(O)c(Br)c3)c(=O)n2[C@@H]1c1ccccc1OC(C)C. The summed E-state index contributed by atoms with van der Waals surface area (Å²) in [6, 6.07) is 11.6. The number of ether oxygens (including phenoxy) is 2. The molecule has 182 valence electrons. The largest absolute Gasteiger partial charge is 0.507 e. The predicted molar refractivity (Wildman–Crippen MR) is 138 cm³/mol. The summed E-state index contributed by atoms with van der Waals surface area (Å²) in [7, 11) is 0. The normalized spacial score (nSPS) is 15.7. The van der Waals surface area contributed by atoms with Gasteiger partial charge in [0.1, 0.15) is 17.5 Å². The molecule has 0 amide bonds. The number of allylic oxidation sites excluding steroid dienone is 1. The maximum absolute atomic E-state index is 13.7. The van der Waals surface area contributed by atoms with E-state index in [-0.39, 0.29) is 24.0 Å². The van der Waals surface area contributed by atoms with E-state index in [0.29, 0.717) is 36.4 Å².